The van der Waals surface area contributed by atoms with Gasteiger partial charge in [0.15, 0.2) is 12.4 Å². The lowest BCUT2D eigenvalue weighted by molar-refractivity contribution is -0.127. The van der Waals surface area contributed by atoms with Gasteiger partial charge in [-0.05, 0) is 69.6 Å². The molecule has 0 unspecified atom stereocenters. The van der Waals surface area contributed by atoms with E-state index in [9.17, 15) is 14.7 Å². The van der Waals surface area contributed by atoms with Crippen molar-refractivity contribution < 1.29 is 24.2 Å². The largest absolute Gasteiger partial charge is 0.507 e. The first-order valence-corrected chi connectivity index (χ1v) is 10.8. The van der Waals surface area contributed by atoms with Crippen LogP contribution in [0.4, 0.5) is 0 Å². The Morgan fingerprint density at radius 3 is 2.48 bits per heavy atom. The van der Waals surface area contributed by atoms with Crippen molar-refractivity contribution in [3.63, 3.8) is 0 Å². The van der Waals surface area contributed by atoms with Crippen LogP contribution < -0.4 is 14.8 Å². The normalized spacial score (nSPS) is 33.7. The van der Waals surface area contributed by atoms with Crippen molar-refractivity contribution in [2.75, 3.05) is 6.61 Å². The number of fused-ring (bicyclic) bond motifs is 1. The lowest BCUT2D eigenvalue weighted by Gasteiger charge is -2.54. The first-order chi connectivity index (χ1) is 13.8. The topological polar surface area (TPSA) is 84.9 Å². The van der Waals surface area contributed by atoms with Crippen LogP contribution in [0.2, 0.25) is 0 Å². The SMILES string of the molecule is CC1(C)CC(=O)c2c(O)cc(OCC(=O)NC3C4CC5CC(C4)CC3C5)cc2O1. The molecular weight excluding hydrogens is 370 g/mol. The number of amides is 1. The number of Topliss-reactive ketones (excluding diaryl/α,β-unsaturated/α-hetero) is 1. The van der Waals surface area contributed by atoms with E-state index in [0.717, 1.165) is 11.8 Å². The summed E-state index contributed by atoms with van der Waals surface area (Å²) in [5.41, 5.74) is -0.443. The maximum Gasteiger partial charge on any atom is 0.258 e. The van der Waals surface area contributed by atoms with Crippen molar-refractivity contribution in [3.8, 4) is 17.2 Å². The van der Waals surface area contributed by atoms with Crippen molar-refractivity contribution in [1.82, 2.24) is 5.32 Å². The molecule has 0 spiro atoms. The van der Waals surface area contributed by atoms with Crippen LogP contribution in [0, 0.1) is 23.7 Å². The summed E-state index contributed by atoms with van der Waals surface area (Å²) >= 11 is 0. The summed E-state index contributed by atoms with van der Waals surface area (Å²) in [5, 5.41) is 13.5. The Morgan fingerprint density at radius 2 is 1.83 bits per heavy atom. The molecule has 0 aromatic heterocycles. The molecule has 6 nitrogen and oxygen atoms in total. The summed E-state index contributed by atoms with van der Waals surface area (Å²) in [5.74, 6) is 3.15. The quantitative estimate of drug-likeness (QED) is 0.810. The Hall–Kier alpha value is -2.24. The van der Waals surface area contributed by atoms with Crippen molar-refractivity contribution >= 4 is 11.7 Å². The molecule has 1 aliphatic heterocycles. The van der Waals surface area contributed by atoms with E-state index < -0.39 is 5.60 Å². The minimum atomic E-state index is -0.633. The number of hydrogen-bond acceptors (Lipinski definition) is 5. The van der Waals surface area contributed by atoms with Gasteiger partial charge in [-0.25, -0.2) is 0 Å². The Labute approximate surface area is 171 Å². The van der Waals surface area contributed by atoms with Gasteiger partial charge in [0.05, 0.1) is 6.42 Å². The van der Waals surface area contributed by atoms with Gasteiger partial charge in [0, 0.05) is 18.2 Å². The Balaban J connectivity index is 1.23. The molecule has 0 radical (unpaired) electrons. The van der Waals surface area contributed by atoms with Crippen LogP contribution in [0.3, 0.4) is 0 Å². The predicted molar refractivity (Wildman–Crippen MR) is 106 cm³/mol. The molecular formula is C23H29NO5. The first-order valence-electron chi connectivity index (χ1n) is 10.8. The lowest BCUT2D eigenvalue weighted by Crippen LogP contribution is -2.56. The van der Waals surface area contributed by atoms with Gasteiger partial charge in [0.1, 0.15) is 28.4 Å². The van der Waals surface area contributed by atoms with E-state index in [2.05, 4.69) is 5.32 Å². The Bertz CT molecular complexity index is 833. The molecule has 1 aromatic carbocycles. The van der Waals surface area contributed by atoms with Crippen LogP contribution in [0.15, 0.2) is 12.1 Å². The number of benzene rings is 1. The number of phenolic OH excluding ortho intramolecular Hbond substituents is 1. The number of rotatable bonds is 4. The van der Waals surface area contributed by atoms with Gasteiger partial charge in [0.25, 0.3) is 5.91 Å². The van der Waals surface area contributed by atoms with Gasteiger partial charge >= 0.3 is 0 Å². The number of phenols is 1. The molecule has 0 saturated heterocycles. The fourth-order valence-electron chi connectivity index (χ4n) is 6.37. The van der Waals surface area contributed by atoms with Crippen LogP contribution in [0.25, 0.3) is 0 Å². The maximum atomic E-state index is 12.6. The van der Waals surface area contributed by atoms with E-state index in [1.165, 1.54) is 38.2 Å². The van der Waals surface area contributed by atoms with Crippen molar-refractivity contribution in [3.05, 3.63) is 17.7 Å². The fourth-order valence-corrected chi connectivity index (χ4v) is 6.37. The fraction of sp³-hybridized carbons (Fsp3) is 0.652. The summed E-state index contributed by atoms with van der Waals surface area (Å²) in [7, 11) is 0. The molecule has 4 aliphatic carbocycles. The predicted octanol–water partition coefficient (Wildman–Crippen LogP) is 3.46. The van der Waals surface area contributed by atoms with Crippen molar-refractivity contribution in [2.45, 2.75) is 64.0 Å². The highest BCUT2D eigenvalue weighted by molar-refractivity contribution is 6.03. The minimum Gasteiger partial charge on any atom is -0.507 e. The van der Waals surface area contributed by atoms with Gasteiger partial charge in [-0.2, -0.15) is 0 Å². The molecule has 1 aromatic rings. The van der Waals surface area contributed by atoms with Crippen molar-refractivity contribution in [2.24, 2.45) is 23.7 Å². The number of ketones is 1. The van der Waals surface area contributed by atoms with E-state index in [-0.39, 0.29) is 42.1 Å². The first kappa shape index (κ1) is 18.8. The molecule has 4 fully saturated rings. The second-order valence-corrected chi connectivity index (χ2v) is 10.1. The summed E-state index contributed by atoms with van der Waals surface area (Å²) in [4.78, 5) is 24.9. The summed E-state index contributed by atoms with van der Waals surface area (Å²) in [6.07, 6.45) is 6.59. The summed E-state index contributed by atoms with van der Waals surface area (Å²) in [6, 6.07) is 3.25. The molecule has 4 saturated carbocycles. The second kappa shape index (κ2) is 6.64. The molecule has 1 heterocycles. The number of carbonyl (C=O) groups excluding carboxylic acids is 2. The molecule has 4 bridgehead atoms. The molecule has 6 heteroatoms. The van der Waals surface area contributed by atoms with Crippen molar-refractivity contribution in [1.29, 1.82) is 0 Å². The summed E-state index contributed by atoms with van der Waals surface area (Å²) in [6.45, 7) is 3.55. The van der Waals surface area contributed by atoms with Crippen LogP contribution >= 0.6 is 0 Å². The molecule has 29 heavy (non-hydrogen) atoms. The Morgan fingerprint density at radius 1 is 1.17 bits per heavy atom. The van der Waals surface area contributed by atoms with Crippen LogP contribution in [-0.2, 0) is 4.79 Å². The zero-order valence-corrected chi connectivity index (χ0v) is 17.1. The minimum absolute atomic E-state index is 0.113. The maximum absolute atomic E-state index is 12.6. The van der Waals surface area contributed by atoms with Gasteiger partial charge in [-0.15, -0.1) is 0 Å². The zero-order chi connectivity index (χ0) is 20.3. The van der Waals surface area contributed by atoms with Gasteiger partial charge in [-0.1, -0.05) is 0 Å². The third kappa shape index (κ3) is 3.47. The van der Waals surface area contributed by atoms with Gasteiger partial charge in [-0.3, -0.25) is 9.59 Å². The highest BCUT2D eigenvalue weighted by Gasteiger charge is 2.48. The number of carbonyl (C=O) groups is 2. The van der Waals surface area contributed by atoms with E-state index >= 15 is 0 Å². The number of aromatic hydroxyl groups is 1. The highest BCUT2D eigenvalue weighted by atomic mass is 16.5. The third-order valence-electron chi connectivity index (χ3n) is 7.23. The summed E-state index contributed by atoms with van der Waals surface area (Å²) < 4.78 is 11.5. The molecule has 2 N–H and O–H groups in total. The average Bonchev–Trinajstić information content (AvgIpc) is 2.60. The van der Waals surface area contributed by atoms with Crippen LogP contribution in [0.5, 0.6) is 17.2 Å². The van der Waals surface area contributed by atoms with E-state index in [1.807, 2.05) is 13.8 Å². The molecule has 156 valence electrons. The second-order valence-electron chi connectivity index (χ2n) is 10.1. The van der Waals surface area contributed by atoms with E-state index in [4.69, 9.17) is 9.47 Å². The molecule has 1 amide bonds. The zero-order valence-electron chi connectivity index (χ0n) is 17.1. The number of ether oxygens (including phenoxy) is 2. The lowest BCUT2D eigenvalue weighted by atomic mass is 9.54. The van der Waals surface area contributed by atoms with Crippen LogP contribution in [-0.4, -0.2) is 35.0 Å². The Kier molecular flexibility index (Phi) is 4.30. The highest BCUT2D eigenvalue weighted by Crippen LogP contribution is 2.53. The average molecular weight is 399 g/mol. The van der Waals surface area contributed by atoms with E-state index in [1.54, 1.807) is 6.07 Å². The number of nitrogens with one attached hydrogen (secondary N) is 1. The molecule has 0 atom stereocenters. The molecule has 6 rings (SSSR count). The van der Waals surface area contributed by atoms with E-state index in [0.29, 0.717) is 23.3 Å². The molecule has 5 aliphatic rings. The third-order valence-corrected chi connectivity index (χ3v) is 7.23. The van der Waals surface area contributed by atoms with Gasteiger partial charge in [0.2, 0.25) is 0 Å². The van der Waals surface area contributed by atoms with Crippen LogP contribution in [0.1, 0.15) is 62.7 Å². The number of hydrogen-bond donors (Lipinski definition) is 2. The standard InChI is InChI=1S/C23H29NO5/c1-23(2)10-18(26)21-17(25)8-16(9-19(21)29-23)28-11-20(27)24-22-14-4-12-3-13(6-14)7-15(22)5-12/h8-9,12-15,22,25H,3-7,10-11H2,1-2H3,(H,24,27). The van der Waals surface area contributed by atoms with Gasteiger partial charge < -0.3 is 19.9 Å². The smallest absolute Gasteiger partial charge is 0.258 e. The monoisotopic (exact) mass is 399 g/mol.